The monoisotopic (exact) mass is 449 g/mol. The lowest BCUT2D eigenvalue weighted by Gasteiger charge is -2.20. The maximum absolute atomic E-state index is 13.5. The van der Waals surface area contributed by atoms with Crippen LogP contribution in [0.4, 0.5) is 17.1 Å². The van der Waals surface area contributed by atoms with Crippen LogP contribution < -0.4 is 25.8 Å². The molecular weight excluding hydrogens is 414 g/mol. The number of nitrogens with zero attached hydrogens (tertiary/aromatic N) is 3. The SMILES string of the molecule is CCCNc1cc(NCCC)cc(-n2nc(-c3cccc(OC)c3)cc(N(C)CC)c2=O)c1. The topological polar surface area (TPSA) is 71.4 Å². The van der Waals surface area contributed by atoms with Crippen LogP contribution in [-0.2, 0) is 0 Å². The Morgan fingerprint density at radius 1 is 0.970 bits per heavy atom. The van der Waals surface area contributed by atoms with E-state index < -0.39 is 0 Å². The highest BCUT2D eigenvalue weighted by Crippen LogP contribution is 2.26. The molecule has 1 aromatic heterocycles. The summed E-state index contributed by atoms with van der Waals surface area (Å²) in [6.45, 7) is 8.70. The van der Waals surface area contributed by atoms with E-state index in [0.717, 1.165) is 54.3 Å². The van der Waals surface area contributed by atoms with Crippen molar-refractivity contribution in [1.82, 2.24) is 9.78 Å². The molecule has 7 nitrogen and oxygen atoms in total. The lowest BCUT2D eigenvalue weighted by atomic mass is 10.1. The molecule has 0 radical (unpaired) electrons. The van der Waals surface area contributed by atoms with Gasteiger partial charge in [0.15, 0.2) is 0 Å². The summed E-state index contributed by atoms with van der Waals surface area (Å²) in [6.07, 6.45) is 2.02. The third-order valence-corrected chi connectivity index (χ3v) is 5.46. The lowest BCUT2D eigenvalue weighted by molar-refractivity contribution is 0.415. The number of nitrogens with one attached hydrogen (secondary N) is 2. The molecule has 3 aromatic rings. The molecule has 3 rings (SSSR count). The van der Waals surface area contributed by atoms with E-state index in [2.05, 4.69) is 30.5 Å². The van der Waals surface area contributed by atoms with Crippen molar-refractivity contribution in [1.29, 1.82) is 0 Å². The van der Waals surface area contributed by atoms with Crippen molar-refractivity contribution >= 4 is 17.1 Å². The first-order chi connectivity index (χ1) is 16.0. The highest BCUT2D eigenvalue weighted by molar-refractivity contribution is 5.67. The molecule has 0 spiro atoms. The van der Waals surface area contributed by atoms with Gasteiger partial charge in [0.1, 0.15) is 11.4 Å². The number of hydrogen-bond acceptors (Lipinski definition) is 6. The molecular formula is C26H35N5O2. The second-order valence-electron chi connectivity index (χ2n) is 8.00. The molecule has 7 heteroatoms. The zero-order chi connectivity index (χ0) is 23.8. The summed E-state index contributed by atoms with van der Waals surface area (Å²) in [7, 11) is 3.56. The summed E-state index contributed by atoms with van der Waals surface area (Å²) < 4.78 is 6.90. The van der Waals surface area contributed by atoms with E-state index >= 15 is 0 Å². The van der Waals surface area contributed by atoms with E-state index in [9.17, 15) is 4.79 Å². The minimum atomic E-state index is -0.153. The van der Waals surface area contributed by atoms with Gasteiger partial charge in [0.05, 0.1) is 18.5 Å². The Morgan fingerprint density at radius 3 is 2.21 bits per heavy atom. The normalized spacial score (nSPS) is 10.7. The van der Waals surface area contributed by atoms with Gasteiger partial charge in [0.25, 0.3) is 5.56 Å². The Bertz CT molecular complexity index is 1100. The summed E-state index contributed by atoms with van der Waals surface area (Å²) in [4.78, 5) is 15.5. The van der Waals surface area contributed by atoms with Crippen LogP contribution in [0.2, 0.25) is 0 Å². The van der Waals surface area contributed by atoms with Gasteiger partial charge in [-0.25, -0.2) is 0 Å². The molecule has 0 atom stereocenters. The van der Waals surface area contributed by atoms with Gasteiger partial charge < -0.3 is 20.3 Å². The average Bonchev–Trinajstić information content (AvgIpc) is 2.85. The highest BCUT2D eigenvalue weighted by atomic mass is 16.5. The van der Waals surface area contributed by atoms with Crippen LogP contribution in [0.25, 0.3) is 16.9 Å². The van der Waals surface area contributed by atoms with Crippen molar-refractivity contribution in [2.75, 3.05) is 49.3 Å². The summed E-state index contributed by atoms with van der Waals surface area (Å²) in [5, 5.41) is 11.7. The van der Waals surface area contributed by atoms with Crippen LogP contribution in [0.15, 0.2) is 53.3 Å². The van der Waals surface area contributed by atoms with E-state index in [4.69, 9.17) is 9.84 Å². The average molecular weight is 450 g/mol. The van der Waals surface area contributed by atoms with Crippen LogP contribution >= 0.6 is 0 Å². The third-order valence-electron chi connectivity index (χ3n) is 5.46. The van der Waals surface area contributed by atoms with Gasteiger partial charge in [-0.2, -0.15) is 9.78 Å². The van der Waals surface area contributed by atoms with Gasteiger partial charge in [0.2, 0.25) is 0 Å². The maximum atomic E-state index is 13.5. The first-order valence-corrected chi connectivity index (χ1v) is 11.6. The van der Waals surface area contributed by atoms with E-state index in [1.165, 1.54) is 4.68 Å². The van der Waals surface area contributed by atoms with E-state index in [-0.39, 0.29) is 5.56 Å². The van der Waals surface area contributed by atoms with Gasteiger partial charge in [-0.15, -0.1) is 0 Å². The van der Waals surface area contributed by atoms with Gasteiger partial charge >= 0.3 is 0 Å². The second-order valence-corrected chi connectivity index (χ2v) is 8.00. The molecule has 0 fully saturated rings. The maximum Gasteiger partial charge on any atom is 0.295 e. The third kappa shape index (κ3) is 5.86. The fraction of sp³-hybridized carbons (Fsp3) is 0.385. The standard InChI is InChI=1S/C26H35N5O2/c1-6-12-27-20-15-21(28-13-7-2)17-22(16-20)31-26(32)25(30(4)8-3)18-24(29-31)19-10-9-11-23(14-19)33-5/h9-11,14-18,27-28H,6-8,12-13H2,1-5H3. The van der Waals surface area contributed by atoms with Gasteiger partial charge in [-0.05, 0) is 56.2 Å². The number of methoxy groups -OCH3 is 1. The van der Waals surface area contributed by atoms with Crippen LogP contribution in [0.1, 0.15) is 33.6 Å². The second kappa shape index (κ2) is 11.4. The molecule has 0 aliphatic rings. The van der Waals surface area contributed by atoms with Crippen molar-refractivity contribution < 1.29 is 4.74 Å². The fourth-order valence-electron chi connectivity index (χ4n) is 3.50. The van der Waals surface area contributed by atoms with Crippen molar-refractivity contribution in [2.24, 2.45) is 0 Å². The number of hydrogen-bond donors (Lipinski definition) is 2. The molecule has 0 aliphatic carbocycles. The number of ether oxygens (including phenoxy) is 1. The van der Waals surface area contributed by atoms with Crippen molar-refractivity contribution in [3.8, 4) is 22.7 Å². The van der Waals surface area contributed by atoms with Gasteiger partial charge in [-0.3, -0.25) is 4.79 Å². The summed E-state index contributed by atoms with van der Waals surface area (Å²) >= 11 is 0. The van der Waals surface area contributed by atoms with E-state index in [1.54, 1.807) is 7.11 Å². The quantitative estimate of drug-likeness (QED) is 0.429. The Kier molecular flexibility index (Phi) is 8.35. The number of anilines is 3. The van der Waals surface area contributed by atoms with E-state index in [1.807, 2.05) is 61.3 Å². The summed E-state index contributed by atoms with van der Waals surface area (Å²) in [5.74, 6) is 0.745. The zero-order valence-electron chi connectivity index (χ0n) is 20.3. The Morgan fingerprint density at radius 2 is 1.64 bits per heavy atom. The van der Waals surface area contributed by atoms with Crippen LogP contribution in [0.3, 0.4) is 0 Å². The Hall–Kier alpha value is -3.48. The van der Waals surface area contributed by atoms with Crippen LogP contribution in [-0.4, -0.2) is 43.6 Å². The molecule has 176 valence electrons. The molecule has 2 aromatic carbocycles. The molecule has 0 saturated heterocycles. The number of rotatable bonds is 11. The molecule has 33 heavy (non-hydrogen) atoms. The number of aromatic nitrogens is 2. The fourth-order valence-corrected chi connectivity index (χ4v) is 3.50. The molecule has 0 amide bonds. The van der Waals surface area contributed by atoms with Crippen molar-refractivity contribution in [3.63, 3.8) is 0 Å². The predicted molar refractivity (Wildman–Crippen MR) is 138 cm³/mol. The molecule has 0 unspecified atom stereocenters. The lowest BCUT2D eigenvalue weighted by Crippen LogP contribution is -2.30. The zero-order valence-corrected chi connectivity index (χ0v) is 20.3. The smallest absolute Gasteiger partial charge is 0.295 e. The van der Waals surface area contributed by atoms with Crippen LogP contribution in [0, 0.1) is 0 Å². The van der Waals surface area contributed by atoms with Crippen molar-refractivity contribution in [2.45, 2.75) is 33.6 Å². The predicted octanol–water partition coefficient (Wildman–Crippen LogP) is 5.01. The largest absolute Gasteiger partial charge is 0.497 e. The summed E-state index contributed by atoms with van der Waals surface area (Å²) in [6, 6.07) is 15.6. The number of benzene rings is 2. The summed E-state index contributed by atoms with van der Waals surface area (Å²) in [5.41, 5.74) is 4.67. The van der Waals surface area contributed by atoms with Crippen LogP contribution in [0.5, 0.6) is 5.75 Å². The first-order valence-electron chi connectivity index (χ1n) is 11.6. The molecule has 1 heterocycles. The van der Waals surface area contributed by atoms with E-state index in [0.29, 0.717) is 17.9 Å². The molecule has 0 bridgehead atoms. The van der Waals surface area contributed by atoms with Gasteiger partial charge in [0, 0.05) is 43.6 Å². The highest BCUT2D eigenvalue weighted by Gasteiger charge is 2.15. The Balaban J connectivity index is 2.21. The van der Waals surface area contributed by atoms with Gasteiger partial charge in [-0.1, -0.05) is 26.0 Å². The molecule has 0 aliphatic heterocycles. The minimum Gasteiger partial charge on any atom is -0.497 e. The first kappa shape index (κ1) is 24.2. The molecule has 2 N–H and O–H groups in total. The minimum absolute atomic E-state index is 0.153. The molecule has 0 saturated carbocycles. The van der Waals surface area contributed by atoms with Crippen molar-refractivity contribution in [3.05, 3.63) is 58.9 Å². The Labute approximate surface area is 196 Å².